The number of aliphatic hydroxyl groups is 1. The monoisotopic (exact) mass is 426 g/mol. The third-order valence-electron chi connectivity index (χ3n) is 5.62. The summed E-state index contributed by atoms with van der Waals surface area (Å²) >= 11 is 0. The summed E-state index contributed by atoms with van der Waals surface area (Å²) in [7, 11) is 0. The highest BCUT2D eigenvalue weighted by Gasteiger charge is 2.20. The SMILES string of the molecule is CCC(O)(CC)CCC=C(C)c1cccc(OCc2ccc(C(=O)O)c(C(=O)O)c2)c1. The molecule has 3 N–H and O–H groups in total. The van der Waals surface area contributed by atoms with Gasteiger partial charge < -0.3 is 20.1 Å². The van der Waals surface area contributed by atoms with Gasteiger partial charge in [0.05, 0.1) is 16.7 Å². The fourth-order valence-corrected chi connectivity index (χ4v) is 3.32. The van der Waals surface area contributed by atoms with Crippen LogP contribution in [0, 0.1) is 0 Å². The lowest BCUT2D eigenvalue weighted by Gasteiger charge is -2.24. The van der Waals surface area contributed by atoms with Gasteiger partial charge >= 0.3 is 11.9 Å². The van der Waals surface area contributed by atoms with Crippen LogP contribution in [0.5, 0.6) is 5.75 Å². The topological polar surface area (TPSA) is 104 Å². The number of hydrogen-bond donors (Lipinski definition) is 3. The van der Waals surface area contributed by atoms with E-state index >= 15 is 0 Å². The lowest BCUT2D eigenvalue weighted by atomic mass is 9.91. The van der Waals surface area contributed by atoms with E-state index in [1.54, 1.807) is 6.07 Å². The van der Waals surface area contributed by atoms with Crippen LogP contribution in [-0.4, -0.2) is 32.9 Å². The van der Waals surface area contributed by atoms with Crippen molar-refractivity contribution in [1.29, 1.82) is 0 Å². The van der Waals surface area contributed by atoms with Gasteiger partial charge in [0.25, 0.3) is 0 Å². The number of benzene rings is 2. The average Bonchev–Trinajstić information content (AvgIpc) is 2.77. The Morgan fingerprint density at radius 2 is 1.68 bits per heavy atom. The first-order chi connectivity index (χ1) is 14.7. The Balaban J connectivity index is 2.07. The Kier molecular flexibility index (Phi) is 8.39. The molecular formula is C25H30O6. The largest absolute Gasteiger partial charge is 0.489 e. The molecule has 0 aliphatic carbocycles. The van der Waals surface area contributed by atoms with E-state index in [0.29, 0.717) is 17.7 Å². The summed E-state index contributed by atoms with van der Waals surface area (Å²) in [5.74, 6) is -1.95. The fourth-order valence-electron chi connectivity index (χ4n) is 3.32. The predicted octanol–water partition coefficient (Wildman–Crippen LogP) is 5.40. The van der Waals surface area contributed by atoms with Crippen LogP contribution in [-0.2, 0) is 6.61 Å². The number of ether oxygens (including phenoxy) is 1. The highest BCUT2D eigenvalue weighted by Crippen LogP contribution is 2.25. The zero-order chi connectivity index (χ0) is 23.0. The van der Waals surface area contributed by atoms with Crippen molar-refractivity contribution in [2.75, 3.05) is 0 Å². The third-order valence-corrected chi connectivity index (χ3v) is 5.62. The number of hydrogen-bond acceptors (Lipinski definition) is 4. The van der Waals surface area contributed by atoms with Crippen LogP contribution in [0.3, 0.4) is 0 Å². The van der Waals surface area contributed by atoms with Gasteiger partial charge in [-0.15, -0.1) is 0 Å². The second-order valence-electron chi connectivity index (χ2n) is 7.66. The summed E-state index contributed by atoms with van der Waals surface area (Å²) in [4.78, 5) is 22.5. The minimum absolute atomic E-state index is 0.117. The minimum Gasteiger partial charge on any atom is -0.489 e. The van der Waals surface area contributed by atoms with Gasteiger partial charge in [-0.3, -0.25) is 0 Å². The second-order valence-corrected chi connectivity index (χ2v) is 7.66. The molecule has 0 radical (unpaired) electrons. The highest BCUT2D eigenvalue weighted by atomic mass is 16.5. The quantitative estimate of drug-likeness (QED) is 0.445. The van der Waals surface area contributed by atoms with Gasteiger partial charge in [0.1, 0.15) is 12.4 Å². The smallest absolute Gasteiger partial charge is 0.336 e. The Hall–Kier alpha value is -3.12. The first-order valence-corrected chi connectivity index (χ1v) is 10.4. The van der Waals surface area contributed by atoms with Gasteiger partial charge in [-0.2, -0.15) is 0 Å². The van der Waals surface area contributed by atoms with Gasteiger partial charge in [-0.25, -0.2) is 9.59 Å². The number of rotatable bonds is 11. The van der Waals surface area contributed by atoms with Gasteiger partial charge in [0, 0.05) is 0 Å². The molecule has 6 nitrogen and oxygen atoms in total. The predicted molar refractivity (Wildman–Crippen MR) is 120 cm³/mol. The maximum Gasteiger partial charge on any atom is 0.336 e. The van der Waals surface area contributed by atoms with Crippen molar-refractivity contribution in [3.63, 3.8) is 0 Å². The van der Waals surface area contributed by atoms with E-state index in [1.807, 2.05) is 45.0 Å². The lowest BCUT2D eigenvalue weighted by Crippen LogP contribution is -2.25. The number of carbonyl (C=O) groups is 2. The Morgan fingerprint density at radius 1 is 1.00 bits per heavy atom. The van der Waals surface area contributed by atoms with Crippen LogP contribution in [0.1, 0.15) is 78.3 Å². The van der Waals surface area contributed by atoms with E-state index in [9.17, 15) is 19.8 Å². The summed E-state index contributed by atoms with van der Waals surface area (Å²) in [6.07, 6.45) is 5.07. The van der Waals surface area contributed by atoms with Crippen LogP contribution in [0.4, 0.5) is 0 Å². The fraction of sp³-hybridized carbons (Fsp3) is 0.360. The third kappa shape index (κ3) is 6.69. The first kappa shape index (κ1) is 24.2. The van der Waals surface area contributed by atoms with Crippen molar-refractivity contribution >= 4 is 17.5 Å². The maximum atomic E-state index is 11.3. The van der Waals surface area contributed by atoms with Crippen molar-refractivity contribution < 1.29 is 29.6 Å². The second kappa shape index (κ2) is 10.8. The molecule has 0 saturated carbocycles. The van der Waals surface area contributed by atoms with Gasteiger partial charge in [0.2, 0.25) is 0 Å². The molecule has 2 aromatic rings. The molecule has 166 valence electrons. The molecule has 31 heavy (non-hydrogen) atoms. The normalized spacial score (nSPS) is 11.9. The summed E-state index contributed by atoms with van der Waals surface area (Å²) in [6, 6.07) is 11.7. The maximum absolute atomic E-state index is 11.3. The first-order valence-electron chi connectivity index (χ1n) is 10.4. The van der Waals surface area contributed by atoms with Crippen molar-refractivity contribution in [2.24, 2.45) is 0 Å². The molecule has 0 aromatic heterocycles. The number of aromatic carboxylic acids is 2. The van der Waals surface area contributed by atoms with Crippen LogP contribution in [0.25, 0.3) is 5.57 Å². The number of carboxylic acid groups (broad SMARTS) is 2. The van der Waals surface area contributed by atoms with Gasteiger partial charge in [-0.1, -0.05) is 38.1 Å². The Labute approximate surface area is 182 Å². The number of allylic oxidation sites excluding steroid dienone is 2. The van der Waals surface area contributed by atoms with E-state index in [4.69, 9.17) is 9.84 Å². The summed E-state index contributed by atoms with van der Waals surface area (Å²) in [6.45, 7) is 6.12. The van der Waals surface area contributed by atoms with Crippen LogP contribution in [0.2, 0.25) is 0 Å². The standard InChI is InChI=1S/C25H30O6/c1-4-25(30,5-2)13-7-8-17(3)19-9-6-10-20(15-19)31-16-18-11-12-21(23(26)27)22(14-18)24(28)29/h6,8-12,14-15,30H,4-5,7,13,16H2,1-3H3,(H,26,27)(H,28,29). The highest BCUT2D eigenvalue weighted by molar-refractivity contribution is 6.01. The minimum atomic E-state index is -1.29. The van der Waals surface area contributed by atoms with E-state index in [1.165, 1.54) is 12.1 Å². The van der Waals surface area contributed by atoms with Crippen molar-refractivity contribution in [3.05, 3.63) is 70.8 Å². The van der Waals surface area contributed by atoms with E-state index in [-0.39, 0.29) is 17.7 Å². The van der Waals surface area contributed by atoms with Crippen LogP contribution >= 0.6 is 0 Å². The molecule has 0 atom stereocenters. The van der Waals surface area contributed by atoms with Crippen molar-refractivity contribution in [3.8, 4) is 5.75 Å². The molecule has 0 fully saturated rings. The molecule has 2 aromatic carbocycles. The van der Waals surface area contributed by atoms with Crippen molar-refractivity contribution in [1.82, 2.24) is 0 Å². The zero-order valence-corrected chi connectivity index (χ0v) is 18.2. The molecular weight excluding hydrogens is 396 g/mol. The summed E-state index contributed by atoms with van der Waals surface area (Å²) in [5.41, 5.74) is 1.52. The Morgan fingerprint density at radius 3 is 2.29 bits per heavy atom. The molecule has 0 aliphatic heterocycles. The molecule has 0 amide bonds. The molecule has 0 unspecified atom stereocenters. The molecule has 0 bridgehead atoms. The molecule has 2 rings (SSSR count). The molecule has 0 spiro atoms. The average molecular weight is 427 g/mol. The molecule has 6 heteroatoms. The lowest BCUT2D eigenvalue weighted by molar-refractivity contribution is 0.0246. The van der Waals surface area contributed by atoms with E-state index < -0.39 is 17.5 Å². The summed E-state index contributed by atoms with van der Waals surface area (Å²) < 4.78 is 5.80. The molecule has 0 saturated heterocycles. The van der Waals surface area contributed by atoms with Crippen molar-refractivity contribution in [2.45, 2.75) is 58.7 Å². The molecule has 0 aliphatic rings. The zero-order valence-electron chi connectivity index (χ0n) is 18.2. The molecule has 0 heterocycles. The van der Waals surface area contributed by atoms with Crippen LogP contribution < -0.4 is 4.74 Å². The van der Waals surface area contributed by atoms with E-state index in [0.717, 1.165) is 30.4 Å². The van der Waals surface area contributed by atoms with Gasteiger partial charge in [-0.05, 0) is 73.6 Å². The summed E-state index contributed by atoms with van der Waals surface area (Å²) in [5, 5.41) is 28.8. The van der Waals surface area contributed by atoms with Gasteiger partial charge in [0.15, 0.2) is 0 Å². The van der Waals surface area contributed by atoms with Crippen LogP contribution in [0.15, 0.2) is 48.5 Å². The Bertz CT molecular complexity index is 956. The number of carboxylic acids is 2. The van der Waals surface area contributed by atoms with E-state index in [2.05, 4.69) is 6.08 Å².